The van der Waals surface area contributed by atoms with Crippen LogP contribution >= 0.6 is 7.60 Å². The van der Waals surface area contributed by atoms with E-state index in [4.69, 9.17) is 9.47 Å². The molecule has 0 radical (unpaired) electrons. The zero-order chi connectivity index (χ0) is 22.6. The van der Waals surface area contributed by atoms with Gasteiger partial charge in [0.15, 0.2) is 0 Å². The summed E-state index contributed by atoms with van der Waals surface area (Å²) in [6, 6.07) is 15.3. The van der Waals surface area contributed by atoms with E-state index in [1.54, 1.807) is 21.1 Å². The fourth-order valence-corrected chi connectivity index (χ4v) is 4.63. The van der Waals surface area contributed by atoms with Gasteiger partial charge in [0.2, 0.25) is 0 Å². The van der Waals surface area contributed by atoms with Crippen molar-refractivity contribution in [3.8, 4) is 11.5 Å². The third kappa shape index (κ3) is 5.86. The predicted octanol–water partition coefficient (Wildman–Crippen LogP) is 4.39. The highest BCUT2D eigenvalue weighted by Crippen LogP contribution is 2.57. The second-order valence-corrected chi connectivity index (χ2v) is 10.8. The van der Waals surface area contributed by atoms with Crippen LogP contribution in [0, 0.1) is 5.41 Å². The van der Waals surface area contributed by atoms with Gasteiger partial charge in [-0.2, -0.15) is 0 Å². The minimum Gasteiger partial charge on any atom is -0.497 e. The van der Waals surface area contributed by atoms with Crippen molar-refractivity contribution >= 4 is 7.60 Å². The number of hydrogen-bond donors (Lipinski definition) is 3. The fourth-order valence-electron chi connectivity index (χ4n) is 3.40. The molecule has 0 aliphatic rings. The maximum absolute atomic E-state index is 12.5. The Hall–Kier alpha value is -1.85. The molecule has 7 heteroatoms. The first-order chi connectivity index (χ1) is 13.9. The van der Waals surface area contributed by atoms with Crippen LogP contribution in [0.5, 0.6) is 11.5 Å². The second-order valence-electron chi connectivity index (χ2n) is 8.81. The molecule has 0 aliphatic heterocycles. The highest BCUT2D eigenvalue weighted by molar-refractivity contribution is 7.53. The lowest BCUT2D eigenvalue weighted by atomic mass is 9.85. The molecule has 166 valence electrons. The Kier molecular flexibility index (Phi) is 7.75. The van der Waals surface area contributed by atoms with Gasteiger partial charge in [0.1, 0.15) is 16.8 Å². The van der Waals surface area contributed by atoms with E-state index in [0.717, 1.165) is 22.6 Å². The zero-order valence-electron chi connectivity index (χ0n) is 18.7. The average molecular weight is 436 g/mol. The topological polar surface area (TPSA) is 88.0 Å². The summed E-state index contributed by atoms with van der Waals surface area (Å²) in [5.41, 5.74) is 1.46. The van der Waals surface area contributed by atoms with Crippen LogP contribution in [0.25, 0.3) is 0 Å². The van der Waals surface area contributed by atoms with Crippen LogP contribution in [0.15, 0.2) is 48.5 Å². The van der Waals surface area contributed by atoms with Gasteiger partial charge in [-0.1, -0.05) is 45.0 Å². The molecule has 0 saturated heterocycles. The lowest BCUT2D eigenvalue weighted by Gasteiger charge is -2.45. The summed E-state index contributed by atoms with van der Waals surface area (Å²) >= 11 is 0. The van der Waals surface area contributed by atoms with Crippen LogP contribution in [-0.4, -0.2) is 35.3 Å². The number of ether oxygens (including phenoxy) is 2. The lowest BCUT2D eigenvalue weighted by molar-refractivity contribution is 0.173. The molecule has 2 rings (SSSR count). The first kappa shape index (κ1) is 24.4. The molecule has 0 spiro atoms. The van der Waals surface area contributed by atoms with Gasteiger partial charge in [-0.15, -0.1) is 0 Å². The molecular weight excluding hydrogens is 401 g/mol. The Morgan fingerprint density at radius 3 is 1.47 bits per heavy atom. The average Bonchev–Trinajstić information content (AvgIpc) is 2.67. The van der Waals surface area contributed by atoms with Crippen molar-refractivity contribution in [3.63, 3.8) is 0 Å². The monoisotopic (exact) mass is 435 g/mol. The third-order valence-electron chi connectivity index (χ3n) is 5.81. The first-order valence-corrected chi connectivity index (χ1v) is 11.6. The van der Waals surface area contributed by atoms with E-state index in [2.05, 4.69) is 5.32 Å². The molecule has 0 heterocycles. The molecular formula is C23H34NO5P. The van der Waals surface area contributed by atoms with Crippen molar-refractivity contribution in [3.05, 3.63) is 59.7 Å². The minimum absolute atomic E-state index is 0.191. The van der Waals surface area contributed by atoms with Gasteiger partial charge >= 0.3 is 7.60 Å². The summed E-state index contributed by atoms with van der Waals surface area (Å²) in [5, 5.41) is 1.95. The molecule has 0 bridgehead atoms. The highest BCUT2D eigenvalue weighted by atomic mass is 31.2. The van der Waals surface area contributed by atoms with Crippen LogP contribution in [0.3, 0.4) is 0 Å². The standard InChI is InChI=1S/C23H34NO5P/c1-22(2,3)23(4,30(25,26)27)24-19(15-17-7-11-20(28-5)12-8-17)16-18-9-13-21(29-6)14-10-18/h7-14,19,24H,15-16H2,1-6H3,(H2,25,26,27)/t23-/m1/s1. The van der Waals surface area contributed by atoms with Crippen molar-refractivity contribution < 1.29 is 23.8 Å². The van der Waals surface area contributed by atoms with Gasteiger partial charge in [-0.3, -0.25) is 9.88 Å². The van der Waals surface area contributed by atoms with Crippen molar-refractivity contribution in [1.29, 1.82) is 0 Å². The van der Waals surface area contributed by atoms with Gasteiger partial charge < -0.3 is 19.3 Å². The molecule has 1 atom stereocenters. The fraction of sp³-hybridized carbons (Fsp3) is 0.478. The van der Waals surface area contributed by atoms with E-state index >= 15 is 0 Å². The second kappa shape index (κ2) is 9.52. The van der Waals surface area contributed by atoms with E-state index < -0.39 is 18.3 Å². The molecule has 2 aromatic carbocycles. The smallest absolute Gasteiger partial charge is 0.345 e. The summed E-state index contributed by atoms with van der Waals surface area (Å²) in [5.74, 6) is 1.54. The zero-order valence-corrected chi connectivity index (χ0v) is 19.6. The summed E-state index contributed by atoms with van der Waals surface area (Å²) in [7, 11) is -1.20. The Bertz CT molecular complexity index is 805. The number of nitrogens with one attached hydrogen (secondary N) is 1. The predicted molar refractivity (Wildman–Crippen MR) is 120 cm³/mol. The number of methoxy groups -OCH3 is 2. The van der Waals surface area contributed by atoms with Crippen LogP contribution in [-0.2, 0) is 17.4 Å². The number of rotatable bonds is 9. The molecule has 0 fully saturated rings. The normalized spacial score (nSPS) is 14.4. The number of benzene rings is 2. The summed E-state index contributed by atoms with van der Waals surface area (Å²) in [4.78, 5) is 20.4. The Balaban J connectivity index is 2.36. The van der Waals surface area contributed by atoms with E-state index in [0.29, 0.717) is 12.8 Å². The molecule has 0 unspecified atom stereocenters. The van der Waals surface area contributed by atoms with Gasteiger partial charge in [0.05, 0.1) is 14.2 Å². The van der Waals surface area contributed by atoms with Crippen LogP contribution < -0.4 is 14.8 Å². The Labute approximate surface area is 179 Å². The van der Waals surface area contributed by atoms with Crippen molar-refractivity contribution in [2.45, 2.75) is 51.9 Å². The van der Waals surface area contributed by atoms with Gasteiger partial charge in [-0.25, -0.2) is 0 Å². The maximum atomic E-state index is 12.5. The third-order valence-corrected chi connectivity index (χ3v) is 7.78. The van der Waals surface area contributed by atoms with Crippen molar-refractivity contribution in [2.75, 3.05) is 14.2 Å². The highest BCUT2D eigenvalue weighted by Gasteiger charge is 2.52. The maximum Gasteiger partial charge on any atom is 0.345 e. The van der Waals surface area contributed by atoms with E-state index in [-0.39, 0.29) is 6.04 Å². The summed E-state index contributed by atoms with van der Waals surface area (Å²) in [6.07, 6.45) is 1.23. The molecule has 30 heavy (non-hydrogen) atoms. The SMILES string of the molecule is COc1ccc(CC(Cc2ccc(OC)cc2)N[C@@](C)(C(C)(C)C)P(=O)(O)O)cc1. The van der Waals surface area contributed by atoms with Gasteiger partial charge in [0, 0.05) is 6.04 Å². The molecule has 3 N–H and O–H groups in total. The Morgan fingerprint density at radius 1 is 0.833 bits per heavy atom. The van der Waals surface area contributed by atoms with Crippen molar-refractivity contribution in [1.82, 2.24) is 5.32 Å². The molecule has 0 aromatic heterocycles. The minimum atomic E-state index is -4.45. The molecule has 2 aromatic rings. The van der Waals surface area contributed by atoms with E-state index in [9.17, 15) is 14.4 Å². The largest absolute Gasteiger partial charge is 0.497 e. The summed E-state index contributed by atoms with van der Waals surface area (Å²) in [6.45, 7) is 7.15. The molecule has 0 aliphatic carbocycles. The summed E-state index contributed by atoms with van der Waals surface area (Å²) < 4.78 is 23.0. The van der Waals surface area contributed by atoms with E-state index in [1.165, 1.54) is 0 Å². The van der Waals surface area contributed by atoms with E-state index in [1.807, 2.05) is 69.3 Å². The molecule has 0 amide bonds. The first-order valence-electron chi connectivity index (χ1n) is 9.99. The quantitative estimate of drug-likeness (QED) is 0.507. The van der Waals surface area contributed by atoms with Crippen LogP contribution in [0.4, 0.5) is 0 Å². The molecule has 6 nitrogen and oxygen atoms in total. The van der Waals surface area contributed by atoms with Crippen LogP contribution in [0.1, 0.15) is 38.8 Å². The van der Waals surface area contributed by atoms with Gasteiger partial charge in [-0.05, 0) is 60.6 Å². The molecule has 0 saturated carbocycles. The van der Waals surface area contributed by atoms with Gasteiger partial charge in [0.25, 0.3) is 0 Å². The lowest BCUT2D eigenvalue weighted by Crippen LogP contribution is -2.57. The van der Waals surface area contributed by atoms with Crippen LogP contribution in [0.2, 0.25) is 0 Å². The van der Waals surface area contributed by atoms with Crippen molar-refractivity contribution in [2.24, 2.45) is 5.41 Å². The Morgan fingerprint density at radius 2 is 1.20 bits per heavy atom. The number of hydrogen-bond acceptors (Lipinski definition) is 4.